The number of aromatic nitrogens is 1. The Balaban J connectivity index is 1.49. The van der Waals surface area contributed by atoms with Crippen molar-refractivity contribution >= 4 is 11.6 Å². The summed E-state index contributed by atoms with van der Waals surface area (Å²) in [5.41, 5.74) is 3.75. The van der Waals surface area contributed by atoms with Gasteiger partial charge in [0.25, 0.3) is 5.91 Å². The fraction of sp³-hybridized carbons (Fsp3) is 0.280. The van der Waals surface area contributed by atoms with Crippen LogP contribution < -0.4 is 9.64 Å². The summed E-state index contributed by atoms with van der Waals surface area (Å²) in [5, 5.41) is 10.2. The van der Waals surface area contributed by atoms with E-state index in [0.29, 0.717) is 24.4 Å². The van der Waals surface area contributed by atoms with Gasteiger partial charge in [-0.1, -0.05) is 30.3 Å². The fourth-order valence-corrected chi connectivity index (χ4v) is 5.01. The van der Waals surface area contributed by atoms with E-state index in [-0.39, 0.29) is 30.5 Å². The third-order valence-corrected chi connectivity index (χ3v) is 6.47. The Morgan fingerprint density at radius 1 is 1.16 bits per heavy atom. The van der Waals surface area contributed by atoms with Crippen molar-refractivity contribution in [2.45, 2.75) is 24.5 Å². The summed E-state index contributed by atoms with van der Waals surface area (Å²) >= 11 is 0. The van der Waals surface area contributed by atoms with E-state index in [4.69, 9.17) is 4.74 Å². The summed E-state index contributed by atoms with van der Waals surface area (Å²) in [6, 6.07) is 19.5. The van der Waals surface area contributed by atoms with Crippen LogP contribution in [0.1, 0.15) is 27.4 Å². The molecule has 1 amide bonds. The van der Waals surface area contributed by atoms with Crippen molar-refractivity contribution in [3.63, 3.8) is 0 Å². The molecule has 5 rings (SSSR count). The Morgan fingerprint density at radius 3 is 2.81 bits per heavy atom. The van der Waals surface area contributed by atoms with Gasteiger partial charge in [-0.05, 0) is 41.5 Å². The van der Waals surface area contributed by atoms with Crippen molar-refractivity contribution in [2.75, 3.05) is 25.2 Å². The first kappa shape index (κ1) is 19.7. The first-order chi connectivity index (χ1) is 15.2. The van der Waals surface area contributed by atoms with Gasteiger partial charge in [0.05, 0.1) is 13.7 Å². The van der Waals surface area contributed by atoms with Gasteiger partial charge in [-0.15, -0.1) is 0 Å². The monoisotopic (exact) mass is 415 g/mol. The number of rotatable bonds is 5. The number of amides is 1. The number of pyridine rings is 1. The zero-order valence-electron chi connectivity index (χ0n) is 17.4. The van der Waals surface area contributed by atoms with Crippen molar-refractivity contribution in [3.8, 4) is 5.75 Å². The highest BCUT2D eigenvalue weighted by Crippen LogP contribution is 2.48. The Hall–Kier alpha value is -3.22. The third kappa shape index (κ3) is 3.38. The number of hydrogen-bond donors (Lipinski definition) is 1. The van der Waals surface area contributed by atoms with Crippen molar-refractivity contribution in [3.05, 3.63) is 89.7 Å². The number of carbonyl (C=O) groups is 1. The largest absolute Gasteiger partial charge is 0.497 e. The topological polar surface area (TPSA) is 65.9 Å². The molecule has 0 spiro atoms. The first-order valence-corrected chi connectivity index (χ1v) is 10.5. The molecule has 158 valence electrons. The van der Waals surface area contributed by atoms with Gasteiger partial charge in [0.2, 0.25) is 0 Å². The summed E-state index contributed by atoms with van der Waals surface area (Å²) in [4.78, 5) is 21.9. The lowest BCUT2D eigenvalue weighted by Gasteiger charge is -2.59. The van der Waals surface area contributed by atoms with Gasteiger partial charge >= 0.3 is 0 Å². The molecule has 3 atom stereocenters. The summed E-state index contributed by atoms with van der Waals surface area (Å²) < 4.78 is 5.31. The Morgan fingerprint density at radius 2 is 2.03 bits per heavy atom. The van der Waals surface area contributed by atoms with Gasteiger partial charge in [0.15, 0.2) is 0 Å². The number of methoxy groups -OCH3 is 1. The van der Waals surface area contributed by atoms with Gasteiger partial charge in [-0.25, -0.2) is 0 Å². The van der Waals surface area contributed by atoms with Gasteiger partial charge in [-0.3, -0.25) is 14.7 Å². The molecule has 0 bridgehead atoms. The van der Waals surface area contributed by atoms with Crippen LogP contribution in [0, 0.1) is 0 Å². The van der Waals surface area contributed by atoms with E-state index in [2.05, 4.69) is 16.0 Å². The summed E-state index contributed by atoms with van der Waals surface area (Å²) in [6.45, 7) is 1.36. The number of nitrogens with zero attached hydrogens (tertiary/aromatic N) is 3. The molecule has 2 aliphatic rings. The molecule has 3 aromatic rings. The Kier molecular flexibility index (Phi) is 5.18. The van der Waals surface area contributed by atoms with Gasteiger partial charge in [0, 0.05) is 54.7 Å². The average Bonchev–Trinajstić information content (AvgIpc) is 2.83. The molecule has 1 saturated heterocycles. The minimum absolute atomic E-state index is 0.0282. The van der Waals surface area contributed by atoms with Crippen LogP contribution in [0.4, 0.5) is 5.69 Å². The molecule has 0 radical (unpaired) electrons. The van der Waals surface area contributed by atoms with Crippen LogP contribution in [0.25, 0.3) is 0 Å². The molecular formula is C25H25N3O3. The number of ether oxygens (including phenoxy) is 1. The van der Waals surface area contributed by atoms with Crippen LogP contribution >= 0.6 is 0 Å². The molecule has 6 heteroatoms. The van der Waals surface area contributed by atoms with Crippen LogP contribution in [0.5, 0.6) is 5.75 Å². The molecule has 1 N–H and O–H groups in total. The smallest absolute Gasteiger partial charge is 0.258 e. The van der Waals surface area contributed by atoms with E-state index < -0.39 is 0 Å². The Bertz CT molecular complexity index is 1090. The van der Waals surface area contributed by atoms with Crippen molar-refractivity contribution in [2.24, 2.45) is 0 Å². The van der Waals surface area contributed by atoms with Crippen LogP contribution in [-0.4, -0.2) is 53.2 Å². The minimum Gasteiger partial charge on any atom is -0.497 e. The standard InChI is InChI=1S/C25H25N3O3/c1-31-19-8-4-7-18(12-19)25(30)28-15-22-24(20-9-2-3-10-21(20)28)23(16-29)27(22)14-17-6-5-11-26-13-17/h2-13,22-24,29H,14-16H2,1H3/t22-,23+,24+/m1/s1. The second-order valence-corrected chi connectivity index (χ2v) is 8.08. The van der Waals surface area contributed by atoms with Crippen molar-refractivity contribution < 1.29 is 14.6 Å². The molecule has 0 unspecified atom stereocenters. The third-order valence-electron chi connectivity index (χ3n) is 6.47. The molecule has 3 heterocycles. The molecule has 0 aliphatic carbocycles. The number of para-hydroxylation sites is 1. The van der Waals surface area contributed by atoms with E-state index in [0.717, 1.165) is 16.8 Å². The molecule has 0 saturated carbocycles. The predicted octanol–water partition coefficient (Wildman–Crippen LogP) is 3.08. The number of benzene rings is 2. The molecule has 2 aliphatic heterocycles. The lowest BCUT2D eigenvalue weighted by atomic mass is 9.71. The molecule has 2 aromatic carbocycles. The number of aliphatic hydroxyl groups is 1. The van der Waals surface area contributed by atoms with Crippen LogP contribution in [-0.2, 0) is 6.54 Å². The van der Waals surface area contributed by atoms with Gasteiger partial charge in [0.1, 0.15) is 5.75 Å². The van der Waals surface area contributed by atoms with Crippen molar-refractivity contribution in [1.82, 2.24) is 9.88 Å². The highest BCUT2D eigenvalue weighted by atomic mass is 16.5. The van der Waals surface area contributed by atoms with E-state index in [1.54, 1.807) is 19.4 Å². The minimum atomic E-state index is -0.0430. The second-order valence-electron chi connectivity index (χ2n) is 8.08. The van der Waals surface area contributed by atoms with Crippen LogP contribution in [0.2, 0.25) is 0 Å². The number of hydrogen-bond acceptors (Lipinski definition) is 5. The number of anilines is 1. The summed E-state index contributed by atoms with van der Waals surface area (Å²) in [7, 11) is 1.60. The molecule has 6 nitrogen and oxygen atoms in total. The maximum atomic E-state index is 13.5. The lowest BCUT2D eigenvalue weighted by Crippen LogP contribution is -2.68. The van der Waals surface area contributed by atoms with Crippen LogP contribution in [0.3, 0.4) is 0 Å². The molecule has 1 aromatic heterocycles. The second kappa shape index (κ2) is 8.13. The van der Waals surface area contributed by atoms with Crippen LogP contribution in [0.15, 0.2) is 73.1 Å². The highest BCUT2D eigenvalue weighted by Gasteiger charge is 2.53. The summed E-state index contributed by atoms with van der Waals surface area (Å²) in [6.07, 6.45) is 3.62. The SMILES string of the molecule is COc1cccc(C(=O)N2C[C@@H]3[C@H](c4ccccc42)[C@H](CO)N3Cc2cccnc2)c1. The molecular weight excluding hydrogens is 390 g/mol. The molecule has 31 heavy (non-hydrogen) atoms. The Labute approximate surface area is 181 Å². The first-order valence-electron chi connectivity index (χ1n) is 10.5. The molecule has 1 fully saturated rings. The van der Waals surface area contributed by atoms with Gasteiger partial charge in [-0.2, -0.15) is 0 Å². The maximum absolute atomic E-state index is 13.5. The van der Waals surface area contributed by atoms with E-state index in [9.17, 15) is 9.90 Å². The zero-order valence-corrected chi connectivity index (χ0v) is 17.4. The fourth-order valence-electron chi connectivity index (χ4n) is 5.01. The maximum Gasteiger partial charge on any atom is 0.258 e. The predicted molar refractivity (Wildman–Crippen MR) is 118 cm³/mol. The average molecular weight is 415 g/mol. The zero-order chi connectivity index (χ0) is 21.4. The number of aliphatic hydroxyl groups excluding tert-OH is 1. The quantitative estimate of drug-likeness (QED) is 0.694. The van der Waals surface area contributed by atoms with Gasteiger partial charge < -0.3 is 14.7 Å². The van der Waals surface area contributed by atoms with E-state index >= 15 is 0 Å². The van der Waals surface area contributed by atoms with E-state index in [1.165, 1.54) is 0 Å². The number of likely N-dealkylation sites (tertiary alicyclic amines) is 1. The van der Waals surface area contributed by atoms with E-state index in [1.807, 2.05) is 59.6 Å². The number of fused-ring (bicyclic) bond motifs is 3. The lowest BCUT2D eigenvalue weighted by molar-refractivity contribution is -0.0489. The van der Waals surface area contributed by atoms with Crippen molar-refractivity contribution in [1.29, 1.82) is 0 Å². The highest BCUT2D eigenvalue weighted by molar-refractivity contribution is 6.07. The normalized spacial score (nSPS) is 22.3. The number of carbonyl (C=O) groups excluding carboxylic acids is 1. The summed E-state index contributed by atoms with van der Waals surface area (Å²) in [5.74, 6) is 0.821.